The van der Waals surface area contributed by atoms with Crippen LogP contribution < -0.4 is 15.8 Å². The number of rotatable bonds is 7. The number of aromatic hydroxyl groups is 1. The summed E-state index contributed by atoms with van der Waals surface area (Å²) in [7, 11) is 1.40. The number of nitrogens with one attached hydrogen (secondary N) is 1. The molecule has 0 heterocycles. The van der Waals surface area contributed by atoms with Crippen LogP contribution in [0.25, 0.3) is 0 Å². The van der Waals surface area contributed by atoms with Crippen LogP contribution in [-0.4, -0.2) is 43.8 Å². The van der Waals surface area contributed by atoms with E-state index in [4.69, 9.17) is 15.2 Å². The highest BCUT2D eigenvalue weighted by molar-refractivity contribution is 5.97. The van der Waals surface area contributed by atoms with E-state index in [1.165, 1.54) is 13.2 Å². The van der Waals surface area contributed by atoms with Gasteiger partial charge in [-0.15, -0.1) is 0 Å². The third-order valence-electron chi connectivity index (χ3n) is 2.24. The maximum absolute atomic E-state index is 11.8. The summed E-state index contributed by atoms with van der Waals surface area (Å²) in [5.74, 6) is -1.03. The Kier molecular flexibility index (Phi) is 5.62. The van der Waals surface area contributed by atoms with Crippen LogP contribution >= 0.6 is 0 Å². The molecule has 0 atom stereocenters. The summed E-state index contributed by atoms with van der Waals surface area (Å²) in [4.78, 5) is 22.2. The van der Waals surface area contributed by atoms with E-state index in [0.29, 0.717) is 0 Å². The first kappa shape index (κ1) is 14.8. The minimum absolute atomic E-state index is 0.106. The molecule has 0 fully saturated rings. The molecule has 7 heteroatoms. The molecule has 0 aliphatic heterocycles. The minimum atomic E-state index is -0.572. The highest BCUT2D eigenvalue weighted by atomic mass is 16.5. The first-order valence-corrected chi connectivity index (χ1v) is 5.56. The zero-order chi connectivity index (χ0) is 14.3. The molecule has 1 aromatic carbocycles. The lowest BCUT2D eigenvalue weighted by Gasteiger charge is -2.09. The number of amides is 2. The largest absolute Gasteiger partial charge is 0.504 e. The smallest absolute Gasteiger partial charge is 0.255 e. The molecular weight excluding hydrogens is 252 g/mol. The summed E-state index contributed by atoms with van der Waals surface area (Å²) in [6.45, 7) is 0.155. The van der Waals surface area contributed by atoms with Crippen LogP contribution in [-0.2, 0) is 9.53 Å². The number of hydrogen-bond acceptors (Lipinski definition) is 5. The molecule has 0 aliphatic rings. The van der Waals surface area contributed by atoms with Gasteiger partial charge in [-0.05, 0) is 12.1 Å². The second-order valence-electron chi connectivity index (χ2n) is 3.63. The number of phenols is 1. The molecule has 0 saturated heterocycles. The SMILES string of the molecule is COc1cccc(C(=O)NCCOCC(N)=O)c1O. The van der Waals surface area contributed by atoms with Gasteiger partial charge in [-0.2, -0.15) is 0 Å². The fourth-order valence-corrected chi connectivity index (χ4v) is 1.37. The lowest BCUT2D eigenvalue weighted by Crippen LogP contribution is -2.28. The van der Waals surface area contributed by atoms with Crippen molar-refractivity contribution in [2.24, 2.45) is 5.73 Å². The molecule has 0 aliphatic carbocycles. The second kappa shape index (κ2) is 7.22. The predicted molar refractivity (Wildman–Crippen MR) is 67.0 cm³/mol. The van der Waals surface area contributed by atoms with E-state index in [9.17, 15) is 14.7 Å². The monoisotopic (exact) mass is 268 g/mol. The van der Waals surface area contributed by atoms with E-state index in [1.807, 2.05) is 0 Å². The van der Waals surface area contributed by atoms with Crippen LogP contribution in [0.2, 0.25) is 0 Å². The molecule has 0 saturated carbocycles. The van der Waals surface area contributed by atoms with Gasteiger partial charge in [0.05, 0.1) is 19.3 Å². The van der Waals surface area contributed by atoms with Gasteiger partial charge >= 0.3 is 0 Å². The number of carbonyl (C=O) groups is 2. The van der Waals surface area contributed by atoms with Crippen molar-refractivity contribution < 1.29 is 24.2 Å². The van der Waals surface area contributed by atoms with Crippen LogP contribution in [0.4, 0.5) is 0 Å². The second-order valence-corrected chi connectivity index (χ2v) is 3.63. The summed E-state index contributed by atoms with van der Waals surface area (Å²) in [5, 5.41) is 12.3. The Morgan fingerprint density at radius 3 is 2.79 bits per heavy atom. The van der Waals surface area contributed by atoms with Gasteiger partial charge in [0.25, 0.3) is 5.91 Å². The quantitative estimate of drug-likeness (QED) is 0.584. The molecule has 0 bridgehead atoms. The first-order chi connectivity index (χ1) is 9.06. The van der Waals surface area contributed by atoms with Crippen LogP contribution in [0.3, 0.4) is 0 Å². The fourth-order valence-electron chi connectivity index (χ4n) is 1.37. The van der Waals surface area contributed by atoms with Crippen LogP contribution in [0.15, 0.2) is 18.2 Å². The number of methoxy groups -OCH3 is 1. The Labute approximate surface area is 110 Å². The molecule has 1 aromatic rings. The Balaban J connectivity index is 2.48. The van der Waals surface area contributed by atoms with Crippen molar-refractivity contribution >= 4 is 11.8 Å². The lowest BCUT2D eigenvalue weighted by molar-refractivity contribution is -0.122. The number of benzene rings is 1. The fraction of sp³-hybridized carbons (Fsp3) is 0.333. The van der Waals surface area contributed by atoms with Gasteiger partial charge < -0.3 is 25.6 Å². The summed E-state index contributed by atoms with van der Waals surface area (Å²) in [6.07, 6.45) is 0. The van der Waals surface area contributed by atoms with Crippen molar-refractivity contribution in [3.63, 3.8) is 0 Å². The lowest BCUT2D eigenvalue weighted by atomic mass is 10.1. The molecule has 0 aromatic heterocycles. The number of carbonyl (C=O) groups excluding carboxylic acids is 2. The van der Waals surface area contributed by atoms with Crippen LogP contribution in [0.5, 0.6) is 11.5 Å². The van der Waals surface area contributed by atoms with Crippen molar-refractivity contribution in [3.8, 4) is 11.5 Å². The average Bonchev–Trinajstić information content (AvgIpc) is 2.38. The molecule has 1 rings (SSSR count). The summed E-state index contributed by atoms with van der Waals surface area (Å²) >= 11 is 0. The van der Waals surface area contributed by atoms with Crippen molar-refractivity contribution in [3.05, 3.63) is 23.8 Å². The number of ether oxygens (including phenoxy) is 2. The molecule has 7 nitrogen and oxygen atoms in total. The number of primary amides is 1. The Bertz CT molecular complexity index is 461. The van der Waals surface area contributed by atoms with E-state index >= 15 is 0 Å². The highest BCUT2D eigenvalue weighted by Gasteiger charge is 2.13. The molecule has 19 heavy (non-hydrogen) atoms. The van der Waals surface area contributed by atoms with Crippen molar-refractivity contribution in [1.82, 2.24) is 5.32 Å². The predicted octanol–water partition coefficient (Wildman–Crippen LogP) is -0.367. The van der Waals surface area contributed by atoms with Crippen LogP contribution in [0, 0.1) is 0 Å². The van der Waals surface area contributed by atoms with Crippen molar-refractivity contribution in [2.45, 2.75) is 0 Å². The van der Waals surface area contributed by atoms with E-state index in [-0.39, 0.29) is 36.8 Å². The molecule has 4 N–H and O–H groups in total. The van der Waals surface area contributed by atoms with Gasteiger partial charge in [-0.25, -0.2) is 0 Å². The number of nitrogens with two attached hydrogens (primary N) is 1. The van der Waals surface area contributed by atoms with Gasteiger partial charge in [0.15, 0.2) is 11.5 Å². The van der Waals surface area contributed by atoms with Gasteiger partial charge in [-0.1, -0.05) is 6.07 Å². The van der Waals surface area contributed by atoms with Gasteiger partial charge in [0.1, 0.15) is 6.61 Å². The standard InChI is InChI=1S/C12H16N2O5/c1-18-9-4-2-3-8(11(9)16)12(17)14-5-6-19-7-10(13)15/h2-4,16H,5-7H2,1H3,(H2,13,15)(H,14,17). The first-order valence-electron chi connectivity index (χ1n) is 5.56. The van der Waals surface area contributed by atoms with Gasteiger partial charge in [0.2, 0.25) is 5.91 Å². The van der Waals surface area contributed by atoms with E-state index in [0.717, 1.165) is 0 Å². The van der Waals surface area contributed by atoms with Crippen molar-refractivity contribution in [1.29, 1.82) is 0 Å². The zero-order valence-electron chi connectivity index (χ0n) is 10.5. The molecule has 2 amide bonds. The molecule has 0 spiro atoms. The third-order valence-corrected chi connectivity index (χ3v) is 2.24. The summed E-state index contributed by atoms with van der Waals surface area (Å²) in [5.41, 5.74) is 4.98. The van der Waals surface area contributed by atoms with E-state index < -0.39 is 11.8 Å². The summed E-state index contributed by atoms with van der Waals surface area (Å²) < 4.78 is 9.78. The minimum Gasteiger partial charge on any atom is -0.504 e. The maximum Gasteiger partial charge on any atom is 0.255 e. The topological polar surface area (TPSA) is 111 Å². The van der Waals surface area contributed by atoms with E-state index in [1.54, 1.807) is 12.1 Å². The summed E-state index contributed by atoms with van der Waals surface area (Å²) in [6, 6.07) is 4.61. The molecule has 104 valence electrons. The zero-order valence-corrected chi connectivity index (χ0v) is 10.5. The Morgan fingerprint density at radius 1 is 1.42 bits per heavy atom. The molecule has 0 unspecified atom stereocenters. The molecular formula is C12H16N2O5. The Morgan fingerprint density at radius 2 is 2.16 bits per heavy atom. The maximum atomic E-state index is 11.8. The normalized spacial score (nSPS) is 9.95. The highest BCUT2D eigenvalue weighted by Crippen LogP contribution is 2.28. The van der Waals surface area contributed by atoms with Gasteiger partial charge in [0, 0.05) is 6.54 Å². The Hall–Kier alpha value is -2.28. The number of hydrogen-bond donors (Lipinski definition) is 3. The van der Waals surface area contributed by atoms with E-state index in [2.05, 4.69) is 5.32 Å². The number of phenolic OH excluding ortho intramolecular Hbond substituents is 1. The number of para-hydroxylation sites is 1. The van der Waals surface area contributed by atoms with Crippen LogP contribution in [0.1, 0.15) is 10.4 Å². The van der Waals surface area contributed by atoms with Crippen molar-refractivity contribution in [2.75, 3.05) is 26.9 Å². The van der Waals surface area contributed by atoms with Gasteiger partial charge in [-0.3, -0.25) is 9.59 Å². The molecule has 0 radical (unpaired) electrons. The third kappa shape index (κ3) is 4.47. The average molecular weight is 268 g/mol.